The zero-order valence-electron chi connectivity index (χ0n) is 24.8. The van der Waals surface area contributed by atoms with Crippen molar-refractivity contribution in [1.82, 2.24) is 8.96 Å². The molecule has 2 aliphatic rings. The Hall–Kier alpha value is -4.90. The molecule has 2 aromatic heterocycles. The number of benzene rings is 4. The number of hydrogen-bond acceptors (Lipinski definition) is 2. The van der Waals surface area contributed by atoms with Gasteiger partial charge in [-0.05, 0) is 84.2 Å². The van der Waals surface area contributed by atoms with Crippen molar-refractivity contribution in [3.63, 3.8) is 0 Å². The van der Waals surface area contributed by atoms with Crippen LogP contribution in [0.15, 0.2) is 140 Å². The molecule has 0 saturated heterocycles. The average Bonchev–Trinajstić information content (AvgIpc) is 3.70. The summed E-state index contributed by atoms with van der Waals surface area (Å²) in [4.78, 5) is 4.37. The van der Waals surface area contributed by atoms with Gasteiger partial charge in [-0.3, -0.25) is 9.80 Å². The number of rotatable bonds is 3. The van der Waals surface area contributed by atoms with Crippen molar-refractivity contribution in [2.75, 3.05) is 9.80 Å². The van der Waals surface area contributed by atoms with E-state index < -0.39 is 6.04 Å². The van der Waals surface area contributed by atoms with Crippen molar-refractivity contribution in [2.45, 2.75) is 0 Å². The van der Waals surface area contributed by atoms with Crippen LogP contribution in [0.3, 0.4) is 0 Å². The quantitative estimate of drug-likeness (QED) is 0.247. The van der Waals surface area contributed by atoms with Crippen LogP contribution in [0.2, 0.25) is 0 Å². The van der Waals surface area contributed by atoms with Gasteiger partial charge >= 0.3 is 6.98 Å². The number of nitrogens with zero attached hydrogens (tertiary/aromatic N) is 4. The molecule has 0 fully saturated rings. The molecular formula is C32H23BN4. The molecule has 4 nitrogen and oxygen atoms in total. The number of aromatic nitrogens is 2. The van der Waals surface area contributed by atoms with Crippen molar-refractivity contribution in [2.24, 2.45) is 0 Å². The van der Waals surface area contributed by atoms with Gasteiger partial charge in [0, 0.05) is 28.2 Å². The van der Waals surface area contributed by atoms with Crippen LogP contribution in [-0.4, -0.2) is 15.9 Å². The van der Waals surface area contributed by atoms with Gasteiger partial charge in [0.05, 0.1) is 6.85 Å². The van der Waals surface area contributed by atoms with Gasteiger partial charge in [-0.15, -0.1) is 0 Å². The van der Waals surface area contributed by atoms with Crippen molar-refractivity contribution >= 4 is 46.8 Å². The fraction of sp³-hybridized carbons (Fsp3) is 0. The second-order valence-electron chi connectivity index (χ2n) is 9.19. The maximum absolute atomic E-state index is 8.80. The Morgan fingerprint density at radius 3 is 1.57 bits per heavy atom. The van der Waals surface area contributed by atoms with Crippen molar-refractivity contribution < 1.29 is 6.85 Å². The zero-order chi connectivity index (χ0) is 28.7. The van der Waals surface area contributed by atoms with Crippen LogP contribution in [-0.2, 0) is 0 Å². The second kappa shape index (κ2) is 7.80. The maximum atomic E-state index is 8.80. The van der Waals surface area contributed by atoms with Gasteiger partial charge in [0.1, 0.15) is 11.6 Å². The van der Waals surface area contributed by atoms with Crippen LogP contribution < -0.4 is 15.3 Å². The summed E-state index contributed by atoms with van der Waals surface area (Å²) in [6.07, 6.45) is 4.18. The first-order chi connectivity index (χ1) is 20.5. The molecule has 2 aliphatic heterocycles. The molecule has 0 atom stereocenters. The first kappa shape index (κ1) is 16.0. The Morgan fingerprint density at radius 2 is 1.05 bits per heavy atom. The highest BCUT2D eigenvalue weighted by atomic mass is 15.3. The Kier molecular flexibility index (Phi) is 3.37. The standard InChI is InChI=1S/C32H23BN4/c1-4-12-24(13-5-1)25-22-28-32-29(23-25)37(27-16-8-3-9-17-27)31-19-11-21-35(31)33(32)34-20-10-18-30(34)36(28)26-14-6-2-7-15-26/h1-23H/i1D,4D,5D,12D,13D. The molecule has 0 saturated carbocycles. The fourth-order valence-electron chi connectivity index (χ4n) is 5.71. The highest BCUT2D eigenvalue weighted by molar-refractivity contribution is 6.76. The normalized spacial score (nSPS) is 15.1. The molecule has 0 bridgehead atoms. The summed E-state index contributed by atoms with van der Waals surface area (Å²) in [6.45, 7) is -0.181. The summed E-state index contributed by atoms with van der Waals surface area (Å²) in [5.41, 5.74) is 5.47. The van der Waals surface area contributed by atoms with E-state index in [4.69, 9.17) is 6.85 Å². The van der Waals surface area contributed by atoms with Gasteiger partial charge in [-0.1, -0.05) is 66.6 Å². The zero-order valence-corrected chi connectivity index (χ0v) is 19.8. The minimum Gasteiger partial charge on any atom is -0.353 e. The molecular weight excluding hydrogens is 451 g/mol. The minimum absolute atomic E-state index is 0.180. The van der Waals surface area contributed by atoms with Crippen LogP contribution in [0.4, 0.5) is 34.4 Å². The van der Waals surface area contributed by atoms with E-state index in [1.165, 1.54) is 0 Å². The topological polar surface area (TPSA) is 16.3 Å². The first-order valence-electron chi connectivity index (χ1n) is 14.7. The molecule has 5 heteroatoms. The average molecular weight is 479 g/mol. The predicted octanol–water partition coefficient (Wildman–Crippen LogP) is 7.31. The third-order valence-corrected chi connectivity index (χ3v) is 7.19. The molecule has 6 aromatic rings. The molecule has 37 heavy (non-hydrogen) atoms. The van der Waals surface area contributed by atoms with E-state index in [0.717, 1.165) is 39.8 Å². The van der Waals surface area contributed by atoms with E-state index in [1.54, 1.807) is 0 Å². The third kappa shape index (κ3) is 2.91. The van der Waals surface area contributed by atoms with Gasteiger partial charge in [0.15, 0.2) is 0 Å². The molecule has 0 radical (unpaired) electrons. The van der Waals surface area contributed by atoms with E-state index >= 15 is 0 Å². The Morgan fingerprint density at radius 1 is 0.541 bits per heavy atom. The highest BCUT2D eigenvalue weighted by Crippen LogP contribution is 2.47. The van der Waals surface area contributed by atoms with Gasteiger partial charge < -0.3 is 8.96 Å². The summed E-state index contributed by atoms with van der Waals surface area (Å²) >= 11 is 0. The smallest absolute Gasteiger partial charge is 0.353 e. The van der Waals surface area contributed by atoms with E-state index in [0.29, 0.717) is 5.56 Å². The monoisotopic (exact) mass is 479 g/mol. The predicted molar refractivity (Wildman–Crippen MR) is 153 cm³/mol. The molecule has 4 aromatic carbocycles. The largest absolute Gasteiger partial charge is 0.426 e. The molecule has 8 rings (SSSR count). The van der Waals surface area contributed by atoms with Crippen LogP contribution >= 0.6 is 0 Å². The summed E-state index contributed by atoms with van der Waals surface area (Å²) in [6, 6.07) is 30.8. The molecule has 0 unspecified atom stereocenters. The summed E-state index contributed by atoms with van der Waals surface area (Å²) in [5.74, 6) is 1.94. The molecule has 174 valence electrons. The molecule has 0 N–H and O–H groups in total. The lowest BCUT2D eigenvalue weighted by Gasteiger charge is -2.43. The molecule has 0 aliphatic carbocycles. The Balaban J connectivity index is 1.52. The van der Waals surface area contributed by atoms with Crippen LogP contribution in [0.1, 0.15) is 6.85 Å². The van der Waals surface area contributed by atoms with Crippen molar-refractivity contribution in [3.8, 4) is 11.1 Å². The number of para-hydroxylation sites is 2. The lowest BCUT2D eigenvalue weighted by molar-refractivity contribution is 1.00. The van der Waals surface area contributed by atoms with Crippen LogP contribution in [0, 0.1) is 0 Å². The van der Waals surface area contributed by atoms with Crippen LogP contribution in [0.25, 0.3) is 11.1 Å². The van der Waals surface area contributed by atoms with E-state index in [9.17, 15) is 0 Å². The Labute approximate surface area is 223 Å². The summed E-state index contributed by atoms with van der Waals surface area (Å²) in [5, 5.41) is 0. The molecule has 4 heterocycles. The van der Waals surface area contributed by atoms with Gasteiger partial charge in [0.25, 0.3) is 0 Å². The maximum Gasteiger partial charge on any atom is 0.426 e. The van der Waals surface area contributed by atoms with E-state index in [1.807, 2.05) is 60.7 Å². The third-order valence-electron chi connectivity index (χ3n) is 7.19. The number of anilines is 6. The number of fused-ring (bicyclic) bond motifs is 4. The summed E-state index contributed by atoms with van der Waals surface area (Å²) in [7, 11) is 0. The summed E-state index contributed by atoms with van der Waals surface area (Å²) < 4.78 is 47.0. The Bertz CT molecular complexity index is 1890. The van der Waals surface area contributed by atoms with Gasteiger partial charge in [0.2, 0.25) is 0 Å². The van der Waals surface area contributed by atoms with Gasteiger partial charge in [-0.2, -0.15) is 0 Å². The minimum atomic E-state index is -0.402. The molecule has 0 spiro atoms. The van der Waals surface area contributed by atoms with Gasteiger partial charge in [-0.25, -0.2) is 0 Å². The second-order valence-corrected chi connectivity index (χ2v) is 9.19. The first-order valence-corrected chi connectivity index (χ1v) is 12.2. The van der Waals surface area contributed by atoms with E-state index in [2.05, 4.69) is 67.5 Å². The number of hydrogen-bond donors (Lipinski definition) is 0. The lowest BCUT2D eigenvalue weighted by Crippen LogP contribution is -2.55. The van der Waals surface area contributed by atoms with Crippen LogP contribution in [0.5, 0.6) is 0 Å². The van der Waals surface area contributed by atoms with E-state index in [-0.39, 0.29) is 36.7 Å². The molecule has 0 amide bonds. The SMILES string of the molecule is [2H]c1c([2H])c([2H])c(-c2cc3c4c(c2)N(c2ccccc2)c2cccn2B4n2cccc2N3c2ccccc2)c([2H])c1[2H]. The fourth-order valence-corrected chi connectivity index (χ4v) is 5.71. The van der Waals surface area contributed by atoms with Crippen molar-refractivity contribution in [3.05, 3.63) is 140 Å². The van der Waals surface area contributed by atoms with Crippen molar-refractivity contribution in [1.29, 1.82) is 0 Å². The lowest BCUT2D eigenvalue weighted by atomic mass is 9.62. The highest BCUT2D eigenvalue weighted by Gasteiger charge is 2.44.